The molecular weight excluding hydrogens is 202 g/mol. The molecule has 1 aromatic heterocycles. The predicted octanol–water partition coefficient (Wildman–Crippen LogP) is 2.65. The summed E-state index contributed by atoms with van der Waals surface area (Å²) >= 11 is 0. The van der Waals surface area contributed by atoms with E-state index < -0.39 is 0 Å². The lowest BCUT2D eigenvalue weighted by Gasteiger charge is -2.20. The van der Waals surface area contributed by atoms with Crippen LogP contribution >= 0.6 is 0 Å². The Morgan fingerprint density at radius 1 is 1.25 bits per heavy atom. The molecule has 0 radical (unpaired) electrons. The first kappa shape index (κ1) is 13.3. The van der Waals surface area contributed by atoms with E-state index in [0.717, 1.165) is 19.6 Å². The fourth-order valence-electron chi connectivity index (χ4n) is 1.81. The highest BCUT2D eigenvalue weighted by Gasteiger charge is 2.05. The molecule has 1 N–H and O–H groups in total. The van der Waals surface area contributed by atoms with E-state index in [1.165, 1.54) is 31.2 Å². The molecule has 0 amide bonds. The number of hydrogen-bond acceptors (Lipinski definition) is 3. The summed E-state index contributed by atoms with van der Waals surface area (Å²) in [6, 6.07) is 1.98. The van der Waals surface area contributed by atoms with Gasteiger partial charge < -0.3 is 9.52 Å². The molecular formula is C13H23NO2. The Balaban J connectivity index is 2.24. The van der Waals surface area contributed by atoms with Crippen molar-refractivity contribution in [3.63, 3.8) is 0 Å². The molecule has 0 unspecified atom stereocenters. The van der Waals surface area contributed by atoms with Crippen molar-refractivity contribution in [3.05, 3.63) is 24.2 Å². The van der Waals surface area contributed by atoms with E-state index in [1.807, 2.05) is 6.07 Å². The van der Waals surface area contributed by atoms with Crippen molar-refractivity contribution in [3.8, 4) is 0 Å². The van der Waals surface area contributed by atoms with Crippen molar-refractivity contribution in [1.29, 1.82) is 0 Å². The Kier molecular flexibility index (Phi) is 6.93. The first-order valence-electron chi connectivity index (χ1n) is 6.21. The summed E-state index contributed by atoms with van der Waals surface area (Å²) in [5, 5.41) is 9.00. The molecule has 3 nitrogen and oxygen atoms in total. The van der Waals surface area contributed by atoms with Crippen LogP contribution in [0.15, 0.2) is 23.0 Å². The van der Waals surface area contributed by atoms with E-state index in [4.69, 9.17) is 9.52 Å². The molecule has 1 rings (SSSR count). The Bertz CT molecular complexity index is 246. The zero-order valence-electron chi connectivity index (χ0n) is 10.2. The SMILES string of the molecule is CCCCCCN(CCO)Cc1ccoc1. The second kappa shape index (κ2) is 8.36. The second-order valence-electron chi connectivity index (χ2n) is 4.19. The molecule has 0 saturated carbocycles. The highest BCUT2D eigenvalue weighted by Crippen LogP contribution is 2.07. The summed E-state index contributed by atoms with van der Waals surface area (Å²) < 4.78 is 5.05. The Labute approximate surface area is 98.1 Å². The normalized spacial score (nSPS) is 11.2. The topological polar surface area (TPSA) is 36.6 Å². The quantitative estimate of drug-likeness (QED) is 0.656. The van der Waals surface area contributed by atoms with E-state index in [2.05, 4.69) is 11.8 Å². The number of rotatable bonds is 9. The molecule has 0 aliphatic rings. The molecule has 0 aromatic carbocycles. The number of nitrogens with zero attached hydrogens (tertiary/aromatic N) is 1. The van der Waals surface area contributed by atoms with Gasteiger partial charge in [-0.15, -0.1) is 0 Å². The van der Waals surface area contributed by atoms with Gasteiger partial charge in [-0.3, -0.25) is 4.90 Å². The number of aliphatic hydroxyl groups is 1. The van der Waals surface area contributed by atoms with Crippen LogP contribution in [0.2, 0.25) is 0 Å². The Morgan fingerprint density at radius 2 is 2.12 bits per heavy atom. The van der Waals surface area contributed by atoms with E-state index in [-0.39, 0.29) is 6.61 Å². The lowest BCUT2D eigenvalue weighted by Crippen LogP contribution is -2.27. The Morgan fingerprint density at radius 3 is 2.75 bits per heavy atom. The summed E-state index contributed by atoms with van der Waals surface area (Å²) in [6.45, 7) is 5.13. The molecule has 0 aliphatic carbocycles. The average molecular weight is 225 g/mol. The van der Waals surface area contributed by atoms with Crippen LogP contribution < -0.4 is 0 Å². The summed E-state index contributed by atoms with van der Waals surface area (Å²) in [5.74, 6) is 0. The predicted molar refractivity (Wildman–Crippen MR) is 65.2 cm³/mol. The molecule has 0 atom stereocenters. The van der Waals surface area contributed by atoms with Gasteiger partial charge >= 0.3 is 0 Å². The smallest absolute Gasteiger partial charge is 0.0947 e. The molecule has 92 valence electrons. The number of hydrogen-bond donors (Lipinski definition) is 1. The van der Waals surface area contributed by atoms with Crippen molar-refractivity contribution in [2.75, 3.05) is 19.7 Å². The van der Waals surface area contributed by atoms with Crippen molar-refractivity contribution in [2.24, 2.45) is 0 Å². The summed E-state index contributed by atoms with van der Waals surface area (Å²) in [6.07, 6.45) is 8.54. The molecule has 1 heterocycles. The highest BCUT2D eigenvalue weighted by atomic mass is 16.3. The minimum Gasteiger partial charge on any atom is -0.472 e. The standard InChI is InChI=1S/C13H23NO2/c1-2-3-4-5-7-14(8-9-15)11-13-6-10-16-12-13/h6,10,12,15H,2-5,7-9,11H2,1H3. The molecule has 0 fully saturated rings. The third kappa shape index (κ3) is 5.33. The summed E-state index contributed by atoms with van der Waals surface area (Å²) in [7, 11) is 0. The molecule has 1 aromatic rings. The largest absolute Gasteiger partial charge is 0.472 e. The van der Waals surface area contributed by atoms with Gasteiger partial charge in [0.05, 0.1) is 19.1 Å². The second-order valence-corrected chi connectivity index (χ2v) is 4.19. The molecule has 3 heteroatoms. The van der Waals surface area contributed by atoms with E-state index in [9.17, 15) is 0 Å². The van der Waals surface area contributed by atoms with Gasteiger partial charge in [0.1, 0.15) is 0 Å². The molecule has 0 saturated heterocycles. The van der Waals surface area contributed by atoms with Gasteiger partial charge in [0.15, 0.2) is 0 Å². The van der Waals surface area contributed by atoms with Gasteiger partial charge in [0, 0.05) is 18.7 Å². The zero-order chi connectivity index (χ0) is 11.6. The highest BCUT2D eigenvalue weighted by molar-refractivity contribution is 5.04. The van der Waals surface area contributed by atoms with Crippen LogP contribution in [-0.2, 0) is 6.54 Å². The third-order valence-electron chi connectivity index (χ3n) is 2.73. The minimum atomic E-state index is 0.228. The van der Waals surface area contributed by atoms with Crippen molar-refractivity contribution < 1.29 is 9.52 Å². The van der Waals surface area contributed by atoms with Crippen molar-refractivity contribution >= 4 is 0 Å². The van der Waals surface area contributed by atoms with Crippen LogP contribution in [0.4, 0.5) is 0 Å². The van der Waals surface area contributed by atoms with Crippen LogP contribution in [0.5, 0.6) is 0 Å². The van der Waals surface area contributed by atoms with E-state index >= 15 is 0 Å². The fraction of sp³-hybridized carbons (Fsp3) is 0.692. The van der Waals surface area contributed by atoms with Crippen LogP contribution in [0.25, 0.3) is 0 Å². The van der Waals surface area contributed by atoms with Crippen LogP contribution in [0.3, 0.4) is 0 Å². The summed E-state index contributed by atoms with van der Waals surface area (Å²) in [5.41, 5.74) is 1.18. The maximum atomic E-state index is 9.00. The molecule has 0 bridgehead atoms. The first-order valence-corrected chi connectivity index (χ1v) is 6.21. The van der Waals surface area contributed by atoms with E-state index in [1.54, 1.807) is 12.5 Å². The van der Waals surface area contributed by atoms with Gasteiger partial charge in [-0.25, -0.2) is 0 Å². The van der Waals surface area contributed by atoms with Crippen LogP contribution in [0, 0.1) is 0 Å². The molecule has 0 spiro atoms. The lowest BCUT2D eigenvalue weighted by molar-refractivity contribution is 0.187. The van der Waals surface area contributed by atoms with Crippen LogP contribution in [-0.4, -0.2) is 29.7 Å². The minimum absolute atomic E-state index is 0.228. The van der Waals surface area contributed by atoms with Crippen LogP contribution in [0.1, 0.15) is 38.2 Å². The van der Waals surface area contributed by atoms with E-state index in [0.29, 0.717) is 0 Å². The van der Waals surface area contributed by atoms with Gasteiger partial charge in [-0.05, 0) is 19.0 Å². The maximum Gasteiger partial charge on any atom is 0.0947 e. The first-order chi connectivity index (χ1) is 7.86. The third-order valence-corrected chi connectivity index (χ3v) is 2.73. The number of aliphatic hydroxyl groups excluding tert-OH is 1. The molecule has 16 heavy (non-hydrogen) atoms. The van der Waals surface area contributed by atoms with Crippen molar-refractivity contribution in [1.82, 2.24) is 4.90 Å². The number of unbranched alkanes of at least 4 members (excludes halogenated alkanes) is 3. The van der Waals surface area contributed by atoms with Gasteiger partial charge in [0.25, 0.3) is 0 Å². The van der Waals surface area contributed by atoms with Gasteiger partial charge in [-0.2, -0.15) is 0 Å². The number of furan rings is 1. The summed E-state index contributed by atoms with van der Waals surface area (Å²) in [4.78, 5) is 2.28. The monoisotopic (exact) mass is 225 g/mol. The zero-order valence-corrected chi connectivity index (χ0v) is 10.2. The fourth-order valence-corrected chi connectivity index (χ4v) is 1.81. The van der Waals surface area contributed by atoms with Crippen molar-refractivity contribution in [2.45, 2.75) is 39.2 Å². The average Bonchev–Trinajstić information content (AvgIpc) is 2.77. The lowest BCUT2D eigenvalue weighted by atomic mass is 10.2. The van der Waals surface area contributed by atoms with Gasteiger partial charge in [0.2, 0.25) is 0 Å². The maximum absolute atomic E-state index is 9.00. The molecule has 0 aliphatic heterocycles. The van der Waals surface area contributed by atoms with Gasteiger partial charge in [-0.1, -0.05) is 26.2 Å². The Hall–Kier alpha value is -0.800.